The Kier molecular flexibility index (Phi) is 5.94. The zero-order chi connectivity index (χ0) is 21.1. The van der Waals surface area contributed by atoms with Crippen LogP contribution in [0.1, 0.15) is 26.1 Å². The van der Waals surface area contributed by atoms with E-state index in [1.54, 1.807) is 12.3 Å². The highest BCUT2D eigenvalue weighted by atomic mass is 19.1. The molecule has 0 saturated carbocycles. The van der Waals surface area contributed by atoms with Crippen LogP contribution in [-0.2, 0) is 6.54 Å². The smallest absolute Gasteiger partial charge is 0.317 e. The lowest BCUT2D eigenvalue weighted by molar-refractivity contribution is 0.131. The van der Waals surface area contributed by atoms with E-state index < -0.39 is 0 Å². The summed E-state index contributed by atoms with van der Waals surface area (Å²) in [7, 11) is 0. The molecule has 2 amide bonds. The molecule has 2 aromatic heterocycles. The van der Waals surface area contributed by atoms with Crippen LogP contribution in [0, 0.1) is 5.82 Å². The summed E-state index contributed by atoms with van der Waals surface area (Å²) >= 11 is 0. The van der Waals surface area contributed by atoms with Crippen LogP contribution in [0.2, 0.25) is 0 Å². The maximum absolute atomic E-state index is 13.9. The number of rotatable bonds is 5. The fraction of sp³-hybridized carbons (Fsp3) is 0.409. The number of pyridine rings is 1. The Morgan fingerprint density at radius 2 is 2.00 bits per heavy atom. The van der Waals surface area contributed by atoms with Crippen molar-refractivity contribution in [2.24, 2.45) is 0 Å². The summed E-state index contributed by atoms with van der Waals surface area (Å²) in [6.07, 6.45) is 2.63. The number of nitrogens with one attached hydrogen (secondary N) is 1. The normalized spacial score (nSPS) is 16.0. The molecule has 1 N–H and O–H groups in total. The van der Waals surface area contributed by atoms with E-state index >= 15 is 0 Å². The summed E-state index contributed by atoms with van der Waals surface area (Å²) in [4.78, 5) is 25.7. The monoisotopic (exact) mass is 410 g/mol. The van der Waals surface area contributed by atoms with Gasteiger partial charge in [0.15, 0.2) is 5.65 Å². The van der Waals surface area contributed by atoms with Crippen LogP contribution in [-0.4, -0.2) is 62.6 Å². The van der Waals surface area contributed by atoms with Crippen molar-refractivity contribution in [3.63, 3.8) is 0 Å². The van der Waals surface area contributed by atoms with Crippen molar-refractivity contribution in [2.75, 3.05) is 26.2 Å². The molecule has 0 bridgehead atoms. The van der Waals surface area contributed by atoms with E-state index in [-0.39, 0.29) is 17.9 Å². The van der Waals surface area contributed by atoms with E-state index in [2.05, 4.69) is 22.1 Å². The van der Waals surface area contributed by atoms with Crippen LogP contribution in [0.3, 0.4) is 0 Å². The molecule has 3 aromatic rings. The minimum atomic E-state index is -0.294. The second-order valence-electron chi connectivity index (χ2n) is 7.71. The number of fused-ring (bicyclic) bond motifs is 1. The molecule has 1 aliphatic rings. The first-order valence-electron chi connectivity index (χ1n) is 10.4. The number of imidazole rings is 1. The largest absolute Gasteiger partial charge is 0.336 e. The molecule has 0 spiro atoms. The van der Waals surface area contributed by atoms with Gasteiger partial charge in [0.05, 0.1) is 12.2 Å². The molecule has 3 heterocycles. The molecule has 0 radical (unpaired) electrons. The minimum absolute atomic E-state index is 0.000185. The van der Waals surface area contributed by atoms with Crippen LogP contribution in [0.5, 0.6) is 0 Å². The van der Waals surface area contributed by atoms with Crippen LogP contribution < -0.4 is 5.32 Å². The van der Waals surface area contributed by atoms with Gasteiger partial charge in [-0.05, 0) is 43.7 Å². The molecule has 0 unspecified atom stereocenters. The SMILES string of the molecule is CC[C@@H](C)NC(=O)N1CCN(Cc2nc3cccnc3n2-c2cccc(F)c2)CC1. The van der Waals surface area contributed by atoms with Crippen LogP contribution >= 0.6 is 0 Å². The van der Waals surface area contributed by atoms with E-state index in [4.69, 9.17) is 4.98 Å². The molecule has 158 valence electrons. The number of aromatic nitrogens is 3. The quantitative estimate of drug-likeness (QED) is 0.702. The van der Waals surface area contributed by atoms with Gasteiger partial charge in [0, 0.05) is 38.4 Å². The third-order valence-corrected chi connectivity index (χ3v) is 5.56. The summed E-state index contributed by atoms with van der Waals surface area (Å²) in [5, 5.41) is 3.03. The molecule has 1 saturated heterocycles. The Morgan fingerprint density at radius 1 is 1.20 bits per heavy atom. The number of carbonyl (C=O) groups is 1. The zero-order valence-electron chi connectivity index (χ0n) is 17.4. The van der Waals surface area contributed by atoms with Gasteiger partial charge in [-0.25, -0.2) is 19.2 Å². The number of amides is 2. The lowest BCUT2D eigenvalue weighted by atomic mass is 10.2. The van der Waals surface area contributed by atoms with E-state index in [0.717, 1.165) is 30.9 Å². The van der Waals surface area contributed by atoms with Gasteiger partial charge in [0.25, 0.3) is 0 Å². The molecule has 1 aromatic carbocycles. The average molecular weight is 410 g/mol. The van der Waals surface area contributed by atoms with Gasteiger partial charge >= 0.3 is 6.03 Å². The standard InChI is InChI=1S/C22H27FN6O/c1-3-16(2)25-22(30)28-12-10-27(11-13-28)15-20-26-19-8-5-9-24-21(19)29(20)18-7-4-6-17(23)14-18/h4-9,14,16H,3,10-13,15H2,1-2H3,(H,25,30)/t16-/m1/s1. The van der Waals surface area contributed by atoms with Crippen molar-refractivity contribution in [1.29, 1.82) is 0 Å². The predicted octanol–water partition coefficient (Wildman–Crippen LogP) is 3.19. The molecule has 4 rings (SSSR count). The first-order valence-corrected chi connectivity index (χ1v) is 10.4. The highest BCUT2D eigenvalue weighted by molar-refractivity contribution is 5.75. The van der Waals surface area contributed by atoms with E-state index in [9.17, 15) is 9.18 Å². The molecule has 1 fully saturated rings. The van der Waals surface area contributed by atoms with Gasteiger partial charge in [0.2, 0.25) is 0 Å². The highest BCUT2D eigenvalue weighted by Crippen LogP contribution is 2.22. The van der Waals surface area contributed by atoms with Gasteiger partial charge in [-0.3, -0.25) is 9.47 Å². The van der Waals surface area contributed by atoms with Crippen LogP contribution in [0.4, 0.5) is 9.18 Å². The second kappa shape index (κ2) is 8.79. The first-order chi connectivity index (χ1) is 14.5. The minimum Gasteiger partial charge on any atom is -0.336 e. The van der Waals surface area contributed by atoms with Crippen LogP contribution in [0.25, 0.3) is 16.9 Å². The van der Waals surface area contributed by atoms with E-state index in [1.807, 2.05) is 34.6 Å². The van der Waals surface area contributed by atoms with Gasteiger partial charge in [-0.2, -0.15) is 0 Å². The van der Waals surface area contributed by atoms with E-state index in [1.165, 1.54) is 12.1 Å². The molecule has 30 heavy (non-hydrogen) atoms. The van der Waals surface area contributed by atoms with Crippen molar-refractivity contribution in [1.82, 2.24) is 29.7 Å². The number of urea groups is 1. The lowest BCUT2D eigenvalue weighted by Crippen LogP contribution is -2.52. The number of hydrogen-bond donors (Lipinski definition) is 1. The molecule has 1 aliphatic heterocycles. The summed E-state index contributed by atoms with van der Waals surface area (Å²) in [5.74, 6) is 0.518. The second-order valence-corrected chi connectivity index (χ2v) is 7.71. The topological polar surface area (TPSA) is 66.3 Å². The molecular weight excluding hydrogens is 383 g/mol. The average Bonchev–Trinajstić information content (AvgIpc) is 3.11. The summed E-state index contributed by atoms with van der Waals surface area (Å²) < 4.78 is 15.8. The summed E-state index contributed by atoms with van der Waals surface area (Å²) in [6, 6.07) is 10.4. The molecule has 8 heteroatoms. The maximum Gasteiger partial charge on any atom is 0.317 e. The zero-order valence-corrected chi connectivity index (χ0v) is 17.4. The Bertz CT molecular complexity index is 1030. The molecular formula is C22H27FN6O. The highest BCUT2D eigenvalue weighted by Gasteiger charge is 2.24. The number of piperazine rings is 1. The Balaban J connectivity index is 1.51. The fourth-order valence-electron chi connectivity index (χ4n) is 3.67. The lowest BCUT2D eigenvalue weighted by Gasteiger charge is -2.35. The maximum atomic E-state index is 13.9. The number of nitrogens with zero attached hydrogens (tertiary/aromatic N) is 5. The van der Waals surface area contributed by atoms with Crippen molar-refractivity contribution >= 4 is 17.2 Å². The number of carbonyl (C=O) groups excluding carboxylic acids is 1. The van der Waals surface area contributed by atoms with Crippen molar-refractivity contribution < 1.29 is 9.18 Å². The fourth-order valence-corrected chi connectivity index (χ4v) is 3.67. The molecule has 0 aliphatic carbocycles. The Morgan fingerprint density at radius 3 is 2.73 bits per heavy atom. The summed E-state index contributed by atoms with van der Waals surface area (Å²) in [5.41, 5.74) is 2.20. The number of benzene rings is 1. The van der Waals surface area contributed by atoms with Crippen molar-refractivity contribution in [2.45, 2.75) is 32.9 Å². The summed E-state index contributed by atoms with van der Waals surface area (Å²) in [6.45, 7) is 7.53. The van der Waals surface area contributed by atoms with E-state index in [0.29, 0.717) is 31.0 Å². The number of halogens is 1. The first kappa shape index (κ1) is 20.3. The Labute approximate surface area is 175 Å². The third kappa shape index (κ3) is 4.28. The van der Waals surface area contributed by atoms with Crippen molar-refractivity contribution in [3.8, 4) is 5.69 Å². The predicted molar refractivity (Wildman–Crippen MR) is 114 cm³/mol. The Hall–Kier alpha value is -3.00. The van der Waals surface area contributed by atoms with Crippen molar-refractivity contribution in [3.05, 3.63) is 54.2 Å². The van der Waals surface area contributed by atoms with Gasteiger partial charge in [-0.15, -0.1) is 0 Å². The molecule has 7 nitrogen and oxygen atoms in total. The third-order valence-electron chi connectivity index (χ3n) is 5.56. The van der Waals surface area contributed by atoms with Crippen LogP contribution in [0.15, 0.2) is 42.6 Å². The van der Waals surface area contributed by atoms with Gasteiger partial charge in [-0.1, -0.05) is 13.0 Å². The molecule has 1 atom stereocenters. The van der Waals surface area contributed by atoms with Gasteiger partial charge in [0.1, 0.15) is 17.2 Å². The number of hydrogen-bond acceptors (Lipinski definition) is 4. The van der Waals surface area contributed by atoms with Gasteiger partial charge < -0.3 is 10.2 Å².